The van der Waals surface area contributed by atoms with Crippen molar-refractivity contribution >= 4 is 17.5 Å². The topological polar surface area (TPSA) is 33.2 Å². The lowest BCUT2D eigenvalue weighted by molar-refractivity contribution is -0.132. The third kappa shape index (κ3) is 4.60. The molecule has 0 N–H and O–H groups in total. The Bertz CT molecular complexity index is 759. The summed E-state index contributed by atoms with van der Waals surface area (Å²) < 4.78 is 0. The molecule has 0 spiro atoms. The second-order valence-electron chi connectivity index (χ2n) is 6.88. The number of pyridine rings is 1. The Morgan fingerprint density at radius 1 is 1.28 bits per heavy atom. The number of hydrogen-bond acceptors (Lipinski definition) is 2. The van der Waals surface area contributed by atoms with E-state index in [1.807, 2.05) is 36.9 Å². The van der Waals surface area contributed by atoms with Crippen molar-refractivity contribution in [3.8, 4) is 0 Å². The van der Waals surface area contributed by atoms with Gasteiger partial charge in [-0.3, -0.25) is 9.78 Å². The average molecular weight is 357 g/mol. The zero-order chi connectivity index (χ0) is 17.8. The minimum absolute atomic E-state index is 0.247. The van der Waals surface area contributed by atoms with Crippen molar-refractivity contribution in [1.29, 1.82) is 0 Å². The van der Waals surface area contributed by atoms with Gasteiger partial charge in [-0.05, 0) is 61.6 Å². The zero-order valence-electron chi connectivity index (χ0n) is 15.0. The van der Waals surface area contributed by atoms with Crippen LogP contribution in [0.1, 0.15) is 54.6 Å². The van der Waals surface area contributed by atoms with Gasteiger partial charge in [0.05, 0.1) is 0 Å². The van der Waals surface area contributed by atoms with E-state index in [9.17, 15) is 4.79 Å². The van der Waals surface area contributed by atoms with Gasteiger partial charge in [0.1, 0.15) is 0 Å². The number of likely N-dealkylation sites (tertiary alicyclic amines) is 1. The first-order chi connectivity index (χ1) is 12.0. The van der Waals surface area contributed by atoms with Gasteiger partial charge in [0.25, 0.3) is 0 Å². The van der Waals surface area contributed by atoms with Crippen molar-refractivity contribution in [2.24, 2.45) is 0 Å². The first-order valence-corrected chi connectivity index (χ1v) is 9.42. The summed E-state index contributed by atoms with van der Waals surface area (Å²) >= 11 is 6.10. The molecule has 2 aromatic rings. The molecule has 1 aromatic carbocycles. The van der Waals surface area contributed by atoms with Crippen LogP contribution in [0.15, 0.2) is 36.4 Å². The van der Waals surface area contributed by atoms with E-state index in [0.29, 0.717) is 12.3 Å². The van der Waals surface area contributed by atoms with E-state index in [1.165, 1.54) is 11.1 Å². The van der Waals surface area contributed by atoms with Gasteiger partial charge in [-0.1, -0.05) is 30.7 Å². The largest absolute Gasteiger partial charge is 0.342 e. The van der Waals surface area contributed by atoms with E-state index in [0.717, 1.165) is 48.8 Å². The summed E-state index contributed by atoms with van der Waals surface area (Å²) in [5.41, 5.74) is 4.61. The lowest BCUT2D eigenvalue weighted by Gasteiger charge is -2.32. The SMILES string of the molecule is CCC(=O)N1CCCC(c2cc(Cc3cccc(Cl)c3)cc(C)n2)C1. The van der Waals surface area contributed by atoms with Crippen molar-refractivity contribution in [2.75, 3.05) is 13.1 Å². The molecule has 1 saturated heterocycles. The van der Waals surface area contributed by atoms with Crippen LogP contribution in [0.5, 0.6) is 0 Å². The number of halogens is 1. The van der Waals surface area contributed by atoms with E-state index >= 15 is 0 Å². The lowest BCUT2D eigenvalue weighted by Crippen LogP contribution is -2.38. The summed E-state index contributed by atoms with van der Waals surface area (Å²) in [4.78, 5) is 18.8. The van der Waals surface area contributed by atoms with Crippen LogP contribution < -0.4 is 0 Å². The van der Waals surface area contributed by atoms with Crippen molar-refractivity contribution in [1.82, 2.24) is 9.88 Å². The van der Waals surface area contributed by atoms with E-state index < -0.39 is 0 Å². The summed E-state index contributed by atoms with van der Waals surface area (Å²) in [6.45, 7) is 5.65. The highest BCUT2D eigenvalue weighted by molar-refractivity contribution is 6.30. The standard InChI is InChI=1S/C21H25ClN2O/c1-3-21(25)24-9-5-7-18(14-24)20-13-17(10-15(2)23-20)11-16-6-4-8-19(22)12-16/h4,6,8,10,12-13,18H,3,5,7,9,11,14H2,1-2H3. The molecule has 1 atom stereocenters. The fourth-order valence-electron chi connectivity index (χ4n) is 3.63. The Morgan fingerprint density at radius 2 is 2.12 bits per heavy atom. The molecule has 1 aromatic heterocycles. The van der Waals surface area contributed by atoms with Crippen LogP contribution in [0.3, 0.4) is 0 Å². The monoisotopic (exact) mass is 356 g/mol. The maximum Gasteiger partial charge on any atom is 0.222 e. The summed E-state index contributed by atoms with van der Waals surface area (Å²) in [7, 11) is 0. The number of carbonyl (C=O) groups is 1. The summed E-state index contributed by atoms with van der Waals surface area (Å²) in [5, 5.41) is 0.768. The Morgan fingerprint density at radius 3 is 2.88 bits per heavy atom. The second-order valence-corrected chi connectivity index (χ2v) is 7.32. The van der Waals surface area contributed by atoms with Crippen LogP contribution in [-0.2, 0) is 11.2 Å². The van der Waals surface area contributed by atoms with Crippen LogP contribution in [0.2, 0.25) is 5.02 Å². The smallest absolute Gasteiger partial charge is 0.222 e. The fraction of sp³-hybridized carbons (Fsp3) is 0.429. The van der Waals surface area contributed by atoms with E-state index in [-0.39, 0.29) is 5.91 Å². The number of rotatable bonds is 4. The number of benzene rings is 1. The molecule has 1 aliphatic heterocycles. The molecule has 1 unspecified atom stereocenters. The van der Waals surface area contributed by atoms with Gasteiger partial charge in [0, 0.05) is 41.8 Å². The number of piperidine rings is 1. The van der Waals surface area contributed by atoms with Gasteiger partial charge in [-0.2, -0.15) is 0 Å². The molecule has 132 valence electrons. The van der Waals surface area contributed by atoms with Crippen LogP contribution in [0.25, 0.3) is 0 Å². The number of amides is 1. The van der Waals surface area contributed by atoms with Crippen molar-refractivity contribution < 1.29 is 4.79 Å². The average Bonchev–Trinajstić information content (AvgIpc) is 2.60. The van der Waals surface area contributed by atoms with E-state index in [4.69, 9.17) is 16.6 Å². The van der Waals surface area contributed by atoms with Gasteiger partial charge in [0.2, 0.25) is 5.91 Å². The van der Waals surface area contributed by atoms with Gasteiger partial charge in [-0.15, -0.1) is 0 Å². The third-order valence-corrected chi connectivity index (χ3v) is 5.06. The van der Waals surface area contributed by atoms with E-state index in [2.05, 4.69) is 18.2 Å². The highest BCUT2D eigenvalue weighted by Gasteiger charge is 2.25. The fourth-order valence-corrected chi connectivity index (χ4v) is 3.84. The molecule has 3 rings (SSSR count). The minimum atomic E-state index is 0.247. The van der Waals surface area contributed by atoms with E-state index in [1.54, 1.807) is 0 Å². The number of carbonyl (C=O) groups excluding carboxylic acids is 1. The Kier molecular flexibility index (Phi) is 5.74. The Labute approximate surface area is 155 Å². The molecular formula is C21H25ClN2O. The molecule has 2 heterocycles. The van der Waals surface area contributed by atoms with Gasteiger partial charge < -0.3 is 4.90 Å². The molecule has 0 aliphatic carbocycles. The predicted octanol–water partition coefficient (Wildman–Crippen LogP) is 4.75. The second kappa shape index (κ2) is 8.01. The first kappa shape index (κ1) is 17.9. The summed E-state index contributed by atoms with van der Waals surface area (Å²) in [6, 6.07) is 12.3. The molecule has 1 amide bonds. The first-order valence-electron chi connectivity index (χ1n) is 9.05. The number of aromatic nitrogens is 1. The maximum absolute atomic E-state index is 12.0. The minimum Gasteiger partial charge on any atom is -0.342 e. The zero-order valence-corrected chi connectivity index (χ0v) is 15.7. The Hall–Kier alpha value is -1.87. The normalized spacial score (nSPS) is 17.6. The summed E-state index contributed by atoms with van der Waals surface area (Å²) in [6.07, 6.45) is 3.57. The van der Waals surface area contributed by atoms with Crippen LogP contribution in [-0.4, -0.2) is 28.9 Å². The molecule has 0 radical (unpaired) electrons. The Balaban J connectivity index is 1.80. The number of hydrogen-bond donors (Lipinski definition) is 0. The maximum atomic E-state index is 12.0. The molecule has 4 heteroatoms. The molecule has 25 heavy (non-hydrogen) atoms. The highest BCUT2D eigenvalue weighted by atomic mass is 35.5. The van der Waals surface area contributed by atoms with Crippen LogP contribution in [0.4, 0.5) is 0 Å². The molecule has 0 bridgehead atoms. The van der Waals surface area contributed by atoms with Crippen molar-refractivity contribution in [3.05, 3.63) is 63.9 Å². The molecule has 0 saturated carbocycles. The molecule has 3 nitrogen and oxygen atoms in total. The third-order valence-electron chi connectivity index (χ3n) is 4.83. The quantitative estimate of drug-likeness (QED) is 0.792. The predicted molar refractivity (Wildman–Crippen MR) is 102 cm³/mol. The van der Waals surface area contributed by atoms with Gasteiger partial charge in [0.15, 0.2) is 0 Å². The molecule has 1 aliphatic rings. The molecular weight excluding hydrogens is 332 g/mol. The molecule has 1 fully saturated rings. The number of nitrogens with zero attached hydrogens (tertiary/aromatic N) is 2. The number of aryl methyl sites for hydroxylation is 1. The van der Waals surface area contributed by atoms with Gasteiger partial charge in [-0.25, -0.2) is 0 Å². The van der Waals surface area contributed by atoms with Crippen molar-refractivity contribution in [3.63, 3.8) is 0 Å². The summed E-state index contributed by atoms with van der Waals surface area (Å²) in [5.74, 6) is 0.582. The van der Waals surface area contributed by atoms with Gasteiger partial charge >= 0.3 is 0 Å². The van der Waals surface area contributed by atoms with Crippen LogP contribution in [0, 0.1) is 6.92 Å². The lowest BCUT2D eigenvalue weighted by atomic mass is 9.92. The van der Waals surface area contributed by atoms with Crippen LogP contribution >= 0.6 is 11.6 Å². The van der Waals surface area contributed by atoms with Crippen molar-refractivity contribution in [2.45, 2.75) is 45.4 Å². The highest BCUT2D eigenvalue weighted by Crippen LogP contribution is 2.27.